The van der Waals surface area contributed by atoms with Crippen molar-refractivity contribution in [1.29, 1.82) is 0 Å². The van der Waals surface area contributed by atoms with Crippen molar-refractivity contribution in [2.45, 2.75) is 52.4 Å². The van der Waals surface area contributed by atoms with Crippen LogP contribution in [0.3, 0.4) is 0 Å². The second-order valence-electron chi connectivity index (χ2n) is 6.83. The van der Waals surface area contributed by atoms with Crippen LogP contribution in [0.4, 0.5) is 0 Å². The zero-order valence-electron chi connectivity index (χ0n) is 13.5. The van der Waals surface area contributed by atoms with Gasteiger partial charge in [0, 0.05) is 0 Å². The van der Waals surface area contributed by atoms with E-state index < -0.39 is 0 Å². The van der Waals surface area contributed by atoms with E-state index in [9.17, 15) is 4.79 Å². The Labute approximate surface area is 121 Å². The third kappa shape index (κ3) is 1.75. The maximum atomic E-state index is 10.8. The molecule has 0 aromatic heterocycles. The highest BCUT2D eigenvalue weighted by Crippen LogP contribution is 2.57. The minimum atomic E-state index is 0.0379. The van der Waals surface area contributed by atoms with Crippen molar-refractivity contribution in [3.63, 3.8) is 0 Å². The van der Waals surface area contributed by atoms with E-state index in [1.165, 1.54) is 11.1 Å². The molecule has 3 nitrogen and oxygen atoms in total. The van der Waals surface area contributed by atoms with Crippen molar-refractivity contribution in [2.24, 2.45) is 5.92 Å². The van der Waals surface area contributed by atoms with Crippen molar-refractivity contribution >= 4 is 6.47 Å². The molecule has 110 valence electrons. The molecule has 1 aliphatic rings. The molecule has 0 amide bonds. The van der Waals surface area contributed by atoms with Gasteiger partial charge >= 0.3 is 0 Å². The van der Waals surface area contributed by atoms with E-state index in [1.54, 1.807) is 7.11 Å². The van der Waals surface area contributed by atoms with Gasteiger partial charge in [-0.1, -0.05) is 34.6 Å². The molecular weight excluding hydrogens is 252 g/mol. The Morgan fingerprint density at radius 2 is 1.80 bits per heavy atom. The quantitative estimate of drug-likeness (QED) is 0.789. The molecule has 1 atom stereocenters. The van der Waals surface area contributed by atoms with Gasteiger partial charge in [-0.3, -0.25) is 4.79 Å². The number of hydrogen-bond donors (Lipinski definition) is 0. The SMILES string of the molecule is COc1cc2c(c(C)c1OC=O)C(C)(C)C(C)C2(C)C. The number of carbonyl (C=O) groups is 1. The van der Waals surface area contributed by atoms with Crippen molar-refractivity contribution in [2.75, 3.05) is 7.11 Å². The third-order valence-electron chi connectivity index (χ3n) is 5.37. The van der Waals surface area contributed by atoms with Crippen LogP contribution in [-0.4, -0.2) is 13.6 Å². The van der Waals surface area contributed by atoms with Crippen LogP contribution >= 0.6 is 0 Å². The Morgan fingerprint density at radius 1 is 1.20 bits per heavy atom. The molecule has 1 unspecified atom stereocenters. The summed E-state index contributed by atoms with van der Waals surface area (Å²) in [7, 11) is 1.61. The first-order chi connectivity index (χ1) is 9.19. The van der Waals surface area contributed by atoms with E-state index in [0.717, 1.165) is 5.56 Å². The lowest BCUT2D eigenvalue weighted by atomic mass is 9.71. The first-order valence-electron chi connectivity index (χ1n) is 7.02. The summed E-state index contributed by atoms with van der Waals surface area (Å²) in [5, 5.41) is 0. The predicted octanol–water partition coefficient (Wildman–Crippen LogP) is 3.74. The lowest BCUT2D eigenvalue weighted by Gasteiger charge is -2.33. The van der Waals surface area contributed by atoms with Crippen LogP contribution in [0.2, 0.25) is 0 Å². The zero-order valence-corrected chi connectivity index (χ0v) is 13.5. The molecule has 0 bridgehead atoms. The topological polar surface area (TPSA) is 35.5 Å². The van der Waals surface area contributed by atoms with Crippen LogP contribution in [0, 0.1) is 12.8 Å². The summed E-state index contributed by atoms with van der Waals surface area (Å²) in [5.74, 6) is 1.66. The fourth-order valence-electron chi connectivity index (χ4n) is 3.81. The lowest BCUT2D eigenvalue weighted by molar-refractivity contribution is -0.120. The Balaban J connectivity index is 2.82. The Kier molecular flexibility index (Phi) is 3.35. The number of benzene rings is 1. The van der Waals surface area contributed by atoms with E-state index in [4.69, 9.17) is 9.47 Å². The fraction of sp³-hybridized carbons (Fsp3) is 0.588. The highest BCUT2D eigenvalue weighted by atomic mass is 16.5. The Bertz CT molecular complexity index is 556. The van der Waals surface area contributed by atoms with Gasteiger partial charge in [0.05, 0.1) is 7.11 Å². The second-order valence-corrected chi connectivity index (χ2v) is 6.83. The molecule has 0 spiro atoms. The largest absolute Gasteiger partial charge is 0.493 e. The van der Waals surface area contributed by atoms with Gasteiger partial charge in [0.25, 0.3) is 6.47 Å². The molecule has 2 rings (SSSR count). The standard InChI is InChI=1S/C17H24O3/c1-10-14-12(8-13(19-7)15(10)20-9-18)16(3,4)11(2)17(14,5)6/h8-9,11H,1-7H3. The minimum absolute atomic E-state index is 0.0379. The predicted molar refractivity (Wildman–Crippen MR) is 79.6 cm³/mol. The monoisotopic (exact) mass is 276 g/mol. The summed E-state index contributed by atoms with van der Waals surface area (Å²) in [5.41, 5.74) is 3.69. The normalized spacial score (nSPS) is 22.2. The minimum Gasteiger partial charge on any atom is -0.493 e. The lowest BCUT2D eigenvalue weighted by Crippen LogP contribution is -2.31. The van der Waals surface area contributed by atoms with Gasteiger partial charge in [-0.25, -0.2) is 0 Å². The number of hydrogen-bond acceptors (Lipinski definition) is 3. The molecule has 0 saturated carbocycles. The fourth-order valence-corrected chi connectivity index (χ4v) is 3.81. The Hall–Kier alpha value is -1.51. The maximum Gasteiger partial charge on any atom is 0.298 e. The van der Waals surface area contributed by atoms with Crippen LogP contribution in [-0.2, 0) is 15.6 Å². The molecule has 20 heavy (non-hydrogen) atoms. The highest BCUT2D eigenvalue weighted by molar-refractivity contribution is 5.63. The number of fused-ring (bicyclic) bond motifs is 1. The van der Waals surface area contributed by atoms with Crippen molar-refractivity contribution < 1.29 is 14.3 Å². The molecule has 0 N–H and O–H groups in total. The smallest absolute Gasteiger partial charge is 0.298 e. The van der Waals surface area contributed by atoms with Gasteiger partial charge in [-0.2, -0.15) is 0 Å². The van der Waals surface area contributed by atoms with E-state index in [-0.39, 0.29) is 10.8 Å². The first-order valence-corrected chi connectivity index (χ1v) is 7.02. The van der Waals surface area contributed by atoms with Gasteiger partial charge < -0.3 is 9.47 Å². The van der Waals surface area contributed by atoms with Crippen molar-refractivity contribution in [3.05, 3.63) is 22.8 Å². The molecule has 1 aliphatic carbocycles. The summed E-state index contributed by atoms with van der Waals surface area (Å²) in [6.07, 6.45) is 0. The van der Waals surface area contributed by atoms with Crippen molar-refractivity contribution in [3.8, 4) is 11.5 Å². The maximum absolute atomic E-state index is 10.8. The molecule has 1 aromatic rings. The summed E-state index contributed by atoms with van der Waals surface area (Å²) < 4.78 is 10.6. The molecule has 3 heteroatoms. The van der Waals surface area contributed by atoms with Gasteiger partial charge in [0.2, 0.25) is 0 Å². The summed E-state index contributed by atoms with van der Waals surface area (Å²) >= 11 is 0. The first kappa shape index (κ1) is 14.9. The summed E-state index contributed by atoms with van der Waals surface area (Å²) in [4.78, 5) is 10.8. The van der Waals surface area contributed by atoms with Crippen LogP contribution < -0.4 is 9.47 Å². The van der Waals surface area contributed by atoms with E-state index in [0.29, 0.717) is 23.9 Å². The molecule has 0 aliphatic heterocycles. The van der Waals surface area contributed by atoms with Crippen LogP contribution in [0.25, 0.3) is 0 Å². The third-order valence-corrected chi connectivity index (χ3v) is 5.37. The van der Waals surface area contributed by atoms with Gasteiger partial charge in [0.15, 0.2) is 11.5 Å². The molecular formula is C17H24O3. The number of ether oxygens (including phenoxy) is 2. The highest BCUT2D eigenvalue weighted by Gasteiger charge is 2.50. The number of carbonyl (C=O) groups excluding carboxylic acids is 1. The van der Waals surface area contributed by atoms with E-state index in [2.05, 4.69) is 34.6 Å². The van der Waals surface area contributed by atoms with Crippen LogP contribution in [0.5, 0.6) is 11.5 Å². The van der Waals surface area contributed by atoms with E-state index >= 15 is 0 Å². The van der Waals surface area contributed by atoms with Gasteiger partial charge in [0.1, 0.15) is 0 Å². The molecule has 0 fully saturated rings. The number of methoxy groups -OCH3 is 1. The van der Waals surface area contributed by atoms with Gasteiger partial charge in [-0.05, 0) is 46.4 Å². The van der Waals surface area contributed by atoms with Crippen molar-refractivity contribution in [1.82, 2.24) is 0 Å². The van der Waals surface area contributed by atoms with Gasteiger partial charge in [-0.15, -0.1) is 0 Å². The van der Waals surface area contributed by atoms with Crippen LogP contribution in [0.1, 0.15) is 51.3 Å². The molecule has 1 aromatic carbocycles. The number of rotatable bonds is 3. The molecule has 0 saturated heterocycles. The second kappa shape index (κ2) is 4.51. The molecule has 0 radical (unpaired) electrons. The zero-order chi connectivity index (χ0) is 15.3. The average molecular weight is 276 g/mol. The molecule has 0 heterocycles. The Morgan fingerprint density at radius 3 is 2.30 bits per heavy atom. The van der Waals surface area contributed by atoms with Crippen LogP contribution in [0.15, 0.2) is 6.07 Å². The summed E-state index contributed by atoms with van der Waals surface area (Å²) in [6.45, 7) is 13.8. The van der Waals surface area contributed by atoms with E-state index in [1.807, 2.05) is 13.0 Å². The average Bonchev–Trinajstić information content (AvgIpc) is 2.51. The summed E-state index contributed by atoms with van der Waals surface area (Å²) in [6, 6.07) is 2.03.